The van der Waals surface area contributed by atoms with Crippen LogP contribution in [0.2, 0.25) is 0 Å². The summed E-state index contributed by atoms with van der Waals surface area (Å²) in [6.45, 7) is 3.78. The first-order valence-electron chi connectivity index (χ1n) is 7.32. The van der Waals surface area contributed by atoms with E-state index in [2.05, 4.69) is 15.6 Å². The van der Waals surface area contributed by atoms with E-state index in [-0.39, 0.29) is 6.61 Å². The van der Waals surface area contributed by atoms with Crippen LogP contribution in [0.4, 0.5) is 11.5 Å². The molecule has 7 nitrogen and oxygen atoms in total. The fourth-order valence-electron chi connectivity index (χ4n) is 1.88. The van der Waals surface area contributed by atoms with Crippen molar-refractivity contribution in [1.29, 1.82) is 0 Å². The van der Waals surface area contributed by atoms with Crippen molar-refractivity contribution < 1.29 is 19.1 Å². The first-order chi connectivity index (χ1) is 11.5. The highest BCUT2D eigenvalue weighted by molar-refractivity contribution is 6.43. The number of amides is 2. The summed E-state index contributed by atoms with van der Waals surface area (Å²) in [5.74, 6) is -1.81. The van der Waals surface area contributed by atoms with Gasteiger partial charge in [-0.2, -0.15) is 0 Å². The predicted octanol–water partition coefficient (Wildman–Crippen LogP) is 2.14. The van der Waals surface area contributed by atoms with Crippen molar-refractivity contribution in [2.24, 2.45) is 0 Å². The summed E-state index contributed by atoms with van der Waals surface area (Å²) in [6.07, 6.45) is 0. The zero-order chi connectivity index (χ0) is 17.5. The van der Waals surface area contributed by atoms with Gasteiger partial charge in [0.1, 0.15) is 5.82 Å². The molecule has 0 fully saturated rings. The molecule has 1 aromatic heterocycles. The molecule has 1 heterocycles. The van der Waals surface area contributed by atoms with Crippen LogP contribution in [0.25, 0.3) is 0 Å². The first kappa shape index (κ1) is 17.1. The molecule has 24 heavy (non-hydrogen) atoms. The molecule has 2 aromatic rings. The summed E-state index contributed by atoms with van der Waals surface area (Å²) in [7, 11) is 0. The van der Waals surface area contributed by atoms with Gasteiger partial charge >= 0.3 is 17.8 Å². The Hall–Kier alpha value is -3.22. The van der Waals surface area contributed by atoms with Gasteiger partial charge in [0.05, 0.1) is 12.2 Å². The van der Waals surface area contributed by atoms with E-state index >= 15 is 0 Å². The van der Waals surface area contributed by atoms with Crippen LogP contribution < -0.4 is 10.6 Å². The van der Waals surface area contributed by atoms with Crippen molar-refractivity contribution in [3.63, 3.8) is 0 Å². The van der Waals surface area contributed by atoms with Gasteiger partial charge in [-0.05, 0) is 50.2 Å². The molecular weight excluding hydrogens is 310 g/mol. The van der Waals surface area contributed by atoms with Crippen molar-refractivity contribution >= 4 is 29.3 Å². The maximum atomic E-state index is 11.9. The minimum absolute atomic E-state index is 0.282. The number of ether oxygens (including phenoxy) is 1. The van der Waals surface area contributed by atoms with E-state index in [0.29, 0.717) is 17.1 Å². The van der Waals surface area contributed by atoms with Crippen molar-refractivity contribution in [3.05, 3.63) is 53.7 Å². The summed E-state index contributed by atoms with van der Waals surface area (Å²) >= 11 is 0. The molecule has 0 aliphatic rings. The SMILES string of the molecule is CCOC(=O)c1ccc(NC(=O)C(=O)Nc2cccc(C)n2)cc1. The Balaban J connectivity index is 1.96. The van der Waals surface area contributed by atoms with E-state index < -0.39 is 17.8 Å². The summed E-state index contributed by atoms with van der Waals surface area (Å²) in [5.41, 5.74) is 1.48. The minimum atomic E-state index is -0.831. The molecule has 2 rings (SSSR count). The number of rotatable bonds is 4. The predicted molar refractivity (Wildman–Crippen MR) is 88.6 cm³/mol. The average Bonchev–Trinajstić information content (AvgIpc) is 2.55. The number of aryl methyl sites for hydroxylation is 1. The molecule has 7 heteroatoms. The minimum Gasteiger partial charge on any atom is -0.462 e. The van der Waals surface area contributed by atoms with E-state index in [4.69, 9.17) is 4.74 Å². The Morgan fingerprint density at radius 1 is 1.00 bits per heavy atom. The van der Waals surface area contributed by atoms with Crippen LogP contribution in [0.3, 0.4) is 0 Å². The standard InChI is InChI=1S/C17H17N3O4/c1-3-24-17(23)12-7-9-13(10-8-12)19-15(21)16(22)20-14-6-4-5-11(2)18-14/h4-10H,3H2,1-2H3,(H,19,21)(H,18,20,22). The number of nitrogens with zero attached hydrogens (tertiary/aromatic N) is 1. The van der Waals surface area contributed by atoms with Crippen molar-refractivity contribution in [2.75, 3.05) is 17.2 Å². The molecule has 1 aromatic carbocycles. The normalized spacial score (nSPS) is 9.92. The highest BCUT2D eigenvalue weighted by Crippen LogP contribution is 2.11. The van der Waals surface area contributed by atoms with Gasteiger partial charge in [0, 0.05) is 11.4 Å². The second-order valence-electron chi connectivity index (χ2n) is 4.87. The van der Waals surface area contributed by atoms with Crippen molar-refractivity contribution in [1.82, 2.24) is 4.98 Å². The van der Waals surface area contributed by atoms with Gasteiger partial charge in [-0.3, -0.25) is 9.59 Å². The van der Waals surface area contributed by atoms with Crippen LogP contribution in [-0.4, -0.2) is 29.4 Å². The molecular formula is C17H17N3O4. The number of carbonyl (C=O) groups excluding carboxylic acids is 3. The fourth-order valence-corrected chi connectivity index (χ4v) is 1.88. The number of hydrogen-bond donors (Lipinski definition) is 2. The molecule has 0 saturated heterocycles. The number of anilines is 2. The molecule has 0 aliphatic heterocycles. The number of esters is 1. The third-order valence-electron chi connectivity index (χ3n) is 2.99. The number of aromatic nitrogens is 1. The number of hydrogen-bond acceptors (Lipinski definition) is 5. The Labute approximate surface area is 139 Å². The van der Waals surface area contributed by atoms with Crippen molar-refractivity contribution in [3.8, 4) is 0 Å². The van der Waals surface area contributed by atoms with Gasteiger partial charge in [-0.15, -0.1) is 0 Å². The van der Waals surface area contributed by atoms with Gasteiger partial charge in [-0.1, -0.05) is 6.07 Å². The van der Waals surface area contributed by atoms with Crippen LogP contribution in [0.15, 0.2) is 42.5 Å². The maximum absolute atomic E-state index is 11.9. The topological polar surface area (TPSA) is 97.4 Å². The van der Waals surface area contributed by atoms with Crippen LogP contribution in [0.5, 0.6) is 0 Å². The molecule has 0 spiro atoms. The lowest BCUT2D eigenvalue weighted by atomic mass is 10.2. The van der Waals surface area contributed by atoms with Crippen LogP contribution in [0, 0.1) is 6.92 Å². The lowest BCUT2D eigenvalue weighted by Gasteiger charge is -2.07. The number of pyridine rings is 1. The third-order valence-corrected chi connectivity index (χ3v) is 2.99. The average molecular weight is 327 g/mol. The van der Waals surface area contributed by atoms with Gasteiger partial charge in [0.2, 0.25) is 0 Å². The van der Waals surface area contributed by atoms with Crippen LogP contribution in [0.1, 0.15) is 23.0 Å². The smallest absolute Gasteiger partial charge is 0.338 e. The zero-order valence-corrected chi connectivity index (χ0v) is 13.3. The summed E-state index contributed by atoms with van der Waals surface area (Å²) in [5, 5.41) is 4.86. The quantitative estimate of drug-likeness (QED) is 0.662. The first-order valence-corrected chi connectivity index (χ1v) is 7.32. The highest BCUT2D eigenvalue weighted by Gasteiger charge is 2.15. The molecule has 0 atom stereocenters. The second-order valence-corrected chi connectivity index (χ2v) is 4.87. The molecule has 0 radical (unpaired) electrons. The molecule has 0 aliphatic carbocycles. The number of nitrogens with one attached hydrogen (secondary N) is 2. The summed E-state index contributed by atoms with van der Waals surface area (Å²) in [4.78, 5) is 39.4. The van der Waals surface area contributed by atoms with E-state index in [1.165, 1.54) is 24.3 Å². The molecule has 2 amide bonds. The highest BCUT2D eigenvalue weighted by atomic mass is 16.5. The zero-order valence-electron chi connectivity index (χ0n) is 13.3. The number of benzene rings is 1. The van der Waals surface area contributed by atoms with Crippen LogP contribution in [-0.2, 0) is 14.3 Å². The lowest BCUT2D eigenvalue weighted by Crippen LogP contribution is -2.29. The summed E-state index contributed by atoms with van der Waals surface area (Å²) in [6, 6.07) is 11.1. The summed E-state index contributed by atoms with van der Waals surface area (Å²) < 4.78 is 4.87. The molecule has 0 bridgehead atoms. The fraction of sp³-hybridized carbons (Fsp3) is 0.176. The van der Waals surface area contributed by atoms with E-state index in [0.717, 1.165) is 5.69 Å². The van der Waals surface area contributed by atoms with Gasteiger partial charge in [-0.25, -0.2) is 9.78 Å². The van der Waals surface area contributed by atoms with Crippen molar-refractivity contribution in [2.45, 2.75) is 13.8 Å². The third kappa shape index (κ3) is 4.64. The van der Waals surface area contributed by atoms with E-state index in [9.17, 15) is 14.4 Å². The van der Waals surface area contributed by atoms with Gasteiger partial charge in [0.25, 0.3) is 0 Å². The Morgan fingerprint density at radius 3 is 2.29 bits per heavy atom. The van der Waals surface area contributed by atoms with Gasteiger partial charge < -0.3 is 15.4 Å². The van der Waals surface area contributed by atoms with E-state index in [1.54, 1.807) is 32.0 Å². The lowest BCUT2D eigenvalue weighted by molar-refractivity contribution is -0.133. The molecule has 0 saturated carbocycles. The Kier molecular flexibility index (Phi) is 5.62. The van der Waals surface area contributed by atoms with Gasteiger partial charge in [0.15, 0.2) is 0 Å². The molecule has 0 unspecified atom stereocenters. The molecule has 124 valence electrons. The van der Waals surface area contributed by atoms with E-state index in [1.807, 2.05) is 0 Å². The monoisotopic (exact) mass is 327 g/mol. The second kappa shape index (κ2) is 7.87. The largest absolute Gasteiger partial charge is 0.462 e. The van der Waals surface area contributed by atoms with Crippen LogP contribution >= 0.6 is 0 Å². The number of carbonyl (C=O) groups is 3. The maximum Gasteiger partial charge on any atom is 0.338 e. The molecule has 2 N–H and O–H groups in total. The Morgan fingerprint density at radius 2 is 1.67 bits per heavy atom. The Bertz CT molecular complexity index is 757.